The largest absolute Gasteiger partial charge is 0.497 e. The van der Waals surface area contributed by atoms with Gasteiger partial charge in [-0.25, -0.2) is 8.42 Å². The summed E-state index contributed by atoms with van der Waals surface area (Å²) in [4.78, 5) is 29.6. The van der Waals surface area contributed by atoms with Crippen molar-refractivity contribution in [3.8, 4) is 11.5 Å². The second-order valence-electron chi connectivity index (χ2n) is 9.30. The standard InChI is InChI=1S/C31H39N3O6S2/c1-6-29(31(36)32-7-2)33(21-23-9-13-25(39-4)14-10-23)30(35)22-34(24-11-15-26(16-12-24)40-8-3)42(37,38)28-19-17-27(41-5)18-20-28/h9-20,29H,6-8,21-22H2,1-5H3,(H,32,36)/t29-/m1/s1. The van der Waals surface area contributed by atoms with Gasteiger partial charge in [-0.05, 0) is 92.8 Å². The number of nitrogens with one attached hydrogen (secondary N) is 1. The molecule has 0 spiro atoms. The fourth-order valence-corrected chi connectivity index (χ4v) is 6.24. The molecule has 226 valence electrons. The van der Waals surface area contributed by atoms with Crippen LogP contribution in [-0.2, 0) is 26.2 Å². The normalized spacial score (nSPS) is 11.8. The quantitative estimate of drug-likeness (QED) is 0.242. The molecule has 11 heteroatoms. The van der Waals surface area contributed by atoms with E-state index >= 15 is 0 Å². The molecule has 0 fully saturated rings. The molecule has 3 aromatic rings. The molecule has 0 aliphatic heterocycles. The van der Waals surface area contributed by atoms with Crippen LogP contribution in [0.25, 0.3) is 0 Å². The summed E-state index contributed by atoms with van der Waals surface area (Å²) >= 11 is 1.50. The van der Waals surface area contributed by atoms with E-state index < -0.39 is 28.5 Å². The van der Waals surface area contributed by atoms with Gasteiger partial charge < -0.3 is 19.7 Å². The summed E-state index contributed by atoms with van der Waals surface area (Å²) in [5.74, 6) is 0.428. The lowest BCUT2D eigenvalue weighted by molar-refractivity contribution is -0.140. The third kappa shape index (κ3) is 8.19. The zero-order valence-corrected chi connectivity index (χ0v) is 26.3. The Hall–Kier alpha value is -3.70. The van der Waals surface area contributed by atoms with Crippen LogP contribution in [0.4, 0.5) is 5.69 Å². The SMILES string of the molecule is CCNC(=O)[C@@H](CC)N(Cc1ccc(OC)cc1)C(=O)CN(c1ccc(OCC)cc1)S(=O)(=O)c1ccc(SC)cc1. The van der Waals surface area contributed by atoms with Gasteiger partial charge in [-0.3, -0.25) is 13.9 Å². The molecule has 0 saturated heterocycles. The number of thioether (sulfide) groups is 1. The number of carbonyl (C=O) groups excluding carboxylic acids is 2. The lowest BCUT2D eigenvalue weighted by atomic mass is 10.1. The summed E-state index contributed by atoms with van der Waals surface area (Å²) < 4.78 is 39.9. The summed E-state index contributed by atoms with van der Waals surface area (Å²) in [6.45, 7) is 5.95. The summed E-state index contributed by atoms with van der Waals surface area (Å²) in [6.07, 6.45) is 2.25. The first kappa shape index (κ1) is 32.8. The molecular weight excluding hydrogens is 574 g/mol. The fraction of sp³-hybridized carbons (Fsp3) is 0.355. The van der Waals surface area contributed by atoms with E-state index in [1.54, 1.807) is 55.6 Å². The van der Waals surface area contributed by atoms with Crippen molar-refractivity contribution in [2.75, 3.05) is 37.4 Å². The third-order valence-corrected chi connectivity index (χ3v) is 9.14. The monoisotopic (exact) mass is 613 g/mol. The van der Waals surface area contributed by atoms with Gasteiger partial charge in [0.15, 0.2) is 0 Å². The number of likely N-dealkylation sites (N-methyl/N-ethyl adjacent to an activating group) is 1. The fourth-order valence-electron chi connectivity index (χ4n) is 4.42. The van der Waals surface area contributed by atoms with Crippen LogP contribution in [-0.4, -0.2) is 64.2 Å². The van der Waals surface area contributed by atoms with Gasteiger partial charge in [0.25, 0.3) is 10.0 Å². The number of sulfonamides is 1. The van der Waals surface area contributed by atoms with Crippen LogP contribution >= 0.6 is 11.8 Å². The van der Waals surface area contributed by atoms with Crippen LogP contribution in [0.5, 0.6) is 11.5 Å². The number of hydrogen-bond acceptors (Lipinski definition) is 7. The van der Waals surface area contributed by atoms with Gasteiger partial charge in [-0.2, -0.15) is 0 Å². The van der Waals surface area contributed by atoms with Gasteiger partial charge in [-0.1, -0.05) is 19.1 Å². The smallest absolute Gasteiger partial charge is 0.264 e. The van der Waals surface area contributed by atoms with Gasteiger partial charge in [0.05, 0.1) is 24.3 Å². The van der Waals surface area contributed by atoms with E-state index in [-0.39, 0.29) is 17.3 Å². The summed E-state index contributed by atoms with van der Waals surface area (Å²) in [7, 11) is -2.59. The number of ether oxygens (including phenoxy) is 2. The number of rotatable bonds is 15. The molecule has 9 nitrogen and oxygen atoms in total. The number of hydrogen-bond donors (Lipinski definition) is 1. The molecule has 0 bridgehead atoms. The Morgan fingerprint density at radius 2 is 1.52 bits per heavy atom. The van der Waals surface area contributed by atoms with Gasteiger partial charge in [0, 0.05) is 18.0 Å². The molecule has 0 aromatic heterocycles. The molecule has 1 atom stereocenters. The van der Waals surface area contributed by atoms with Crippen molar-refractivity contribution in [2.45, 2.75) is 49.6 Å². The molecule has 0 aliphatic rings. The number of benzene rings is 3. The second kappa shape index (κ2) is 15.5. The van der Waals surface area contributed by atoms with E-state index in [1.165, 1.54) is 28.8 Å². The molecule has 1 N–H and O–H groups in total. The van der Waals surface area contributed by atoms with E-state index in [9.17, 15) is 18.0 Å². The first-order valence-corrected chi connectivity index (χ1v) is 16.4. The Morgan fingerprint density at radius 1 is 0.905 bits per heavy atom. The maximum atomic E-state index is 14.1. The minimum atomic E-state index is -4.16. The van der Waals surface area contributed by atoms with Crippen molar-refractivity contribution in [1.82, 2.24) is 10.2 Å². The summed E-state index contributed by atoms with van der Waals surface area (Å²) in [5.41, 5.74) is 1.08. The van der Waals surface area contributed by atoms with Crippen LogP contribution < -0.4 is 19.1 Å². The van der Waals surface area contributed by atoms with Crippen molar-refractivity contribution in [3.63, 3.8) is 0 Å². The highest BCUT2D eigenvalue weighted by atomic mass is 32.2. The van der Waals surface area contributed by atoms with E-state index in [0.717, 1.165) is 14.8 Å². The molecule has 0 aliphatic carbocycles. The van der Waals surface area contributed by atoms with Gasteiger partial charge >= 0.3 is 0 Å². The highest BCUT2D eigenvalue weighted by Crippen LogP contribution is 2.28. The predicted molar refractivity (Wildman–Crippen MR) is 167 cm³/mol. The first-order chi connectivity index (χ1) is 20.2. The Labute approximate surface area is 253 Å². The molecular formula is C31H39N3O6S2. The van der Waals surface area contributed by atoms with Crippen LogP contribution in [0, 0.1) is 0 Å². The highest BCUT2D eigenvalue weighted by molar-refractivity contribution is 7.98. The van der Waals surface area contributed by atoms with E-state index in [1.807, 2.05) is 39.2 Å². The third-order valence-electron chi connectivity index (χ3n) is 6.61. The molecule has 2 amide bonds. The predicted octanol–water partition coefficient (Wildman–Crippen LogP) is 4.95. The van der Waals surface area contributed by atoms with Crippen LogP contribution in [0.3, 0.4) is 0 Å². The average Bonchev–Trinajstić information content (AvgIpc) is 3.00. The Bertz CT molecular complexity index is 1410. The average molecular weight is 614 g/mol. The van der Waals surface area contributed by atoms with Crippen molar-refractivity contribution in [1.29, 1.82) is 0 Å². The zero-order chi connectivity index (χ0) is 30.7. The Balaban J connectivity index is 2.05. The molecule has 0 heterocycles. The van der Waals surface area contributed by atoms with E-state index in [4.69, 9.17) is 9.47 Å². The van der Waals surface area contributed by atoms with Crippen molar-refractivity contribution >= 4 is 39.3 Å². The summed E-state index contributed by atoms with van der Waals surface area (Å²) in [5, 5.41) is 2.81. The molecule has 3 aromatic carbocycles. The minimum Gasteiger partial charge on any atom is -0.497 e. The lowest BCUT2D eigenvalue weighted by Crippen LogP contribution is -2.52. The number of nitrogens with zero attached hydrogens (tertiary/aromatic N) is 2. The zero-order valence-electron chi connectivity index (χ0n) is 24.7. The van der Waals surface area contributed by atoms with E-state index in [0.29, 0.717) is 36.8 Å². The minimum absolute atomic E-state index is 0.0551. The van der Waals surface area contributed by atoms with Crippen molar-refractivity contribution < 1.29 is 27.5 Å². The molecule has 3 rings (SSSR count). The van der Waals surface area contributed by atoms with Crippen LogP contribution in [0.2, 0.25) is 0 Å². The van der Waals surface area contributed by atoms with E-state index in [2.05, 4.69) is 5.32 Å². The maximum absolute atomic E-state index is 14.1. The molecule has 0 unspecified atom stereocenters. The topological polar surface area (TPSA) is 105 Å². The molecule has 42 heavy (non-hydrogen) atoms. The molecule has 0 saturated carbocycles. The van der Waals surface area contributed by atoms with Gasteiger partial charge in [0.1, 0.15) is 24.1 Å². The lowest BCUT2D eigenvalue weighted by Gasteiger charge is -2.33. The highest BCUT2D eigenvalue weighted by Gasteiger charge is 2.33. The summed E-state index contributed by atoms with van der Waals surface area (Å²) in [6, 6.07) is 19.5. The van der Waals surface area contributed by atoms with Crippen molar-refractivity contribution in [2.24, 2.45) is 0 Å². The van der Waals surface area contributed by atoms with Crippen molar-refractivity contribution in [3.05, 3.63) is 78.4 Å². The first-order valence-electron chi connectivity index (χ1n) is 13.8. The number of anilines is 1. The number of carbonyl (C=O) groups is 2. The second-order valence-corrected chi connectivity index (χ2v) is 12.0. The van der Waals surface area contributed by atoms with Crippen LogP contribution in [0.1, 0.15) is 32.8 Å². The van der Waals surface area contributed by atoms with Crippen LogP contribution in [0.15, 0.2) is 82.6 Å². The van der Waals surface area contributed by atoms with Gasteiger partial charge in [0.2, 0.25) is 11.8 Å². The Kier molecular flexibility index (Phi) is 12.1. The maximum Gasteiger partial charge on any atom is 0.264 e. The number of amides is 2. The van der Waals surface area contributed by atoms with Gasteiger partial charge in [-0.15, -0.1) is 11.8 Å². The Morgan fingerprint density at radius 3 is 2.05 bits per heavy atom. The molecule has 0 radical (unpaired) electrons. The number of methoxy groups -OCH3 is 1.